The van der Waals surface area contributed by atoms with Crippen molar-refractivity contribution in [1.29, 1.82) is 0 Å². The van der Waals surface area contributed by atoms with Crippen LogP contribution in [-0.4, -0.2) is 45.4 Å². The van der Waals surface area contributed by atoms with Crippen molar-refractivity contribution in [2.45, 2.75) is 13.0 Å². The predicted octanol–water partition coefficient (Wildman–Crippen LogP) is 3.16. The second-order valence-corrected chi connectivity index (χ2v) is 8.60. The summed E-state index contributed by atoms with van der Waals surface area (Å²) in [7, 11) is -3.43. The van der Waals surface area contributed by atoms with Crippen LogP contribution in [0.3, 0.4) is 0 Å². The van der Waals surface area contributed by atoms with E-state index in [0.29, 0.717) is 17.1 Å². The van der Waals surface area contributed by atoms with Crippen LogP contribution < -0.4 is 4.72 Å². The fourth-order valence-electron chi connectivity index (χ4n) is 2.87. The van der Waals surface area contributed by atoms with Gasteiger partial charge in [-0.05, 0) is 29.7 Å². The number of nitrogens with one attached hydrogen (secondary N) is 1. The SMILES string of the molecule is O=S(=O)(CCc1ccccc1)Nc1ccc(CN2CCOCC2)c(Cl)c1. The summed E-state index contributed by atoms with van der Waals surface area (Å²) in [6.07, 6.45) is 0.471. The number of hydrogen-bond donors (Lipinski definition) is 1. The molecule has 2 aromatic carbocycles. The molecular weight excluding hydrogens is 372 g/mol. The molecule has 0 aromatic heterocycles. The summed E-state index contributed by atoms with van der Waals surface area (Å²) < 4.78 is 32.6. The van der Waals surface area contributed by atoms with Gasteiger partial charge in [-0.25, -0.2) is 8.42 Å². The average Bonchev–Trinajstić information content (AvgIpc) is 2.64. The third-order valence-electron chi connectivity index (χ3n) is 4.33. The molecule has 1 heterocycles. The highest BCUT2D eigenvalue weighted by Gasteiger charge is 2.15. The van der Waals surface area contributed by atoms with E-state index in [-0.39, 0.29) is 5.75 Å². The Kier molecular flexibility index (Phi) is 6.53. The predicted molar refractivity (Wildman–Crippen MR) is 105 cm³/mol. The highest BCUT2D eigenvalue weighted by molar-refractivity contribution is 7.92. The van der Waals surface area contributed by atoms with Gasteiger partial charge in [-0.2, -0.15) is 0 Å². The van der Waals surface area contributed by atoms with Crippen LogP contribution in [0.15, 0.2) is 48.5 Å². The molecule has 0 spiro atoms. The number of hydrogen-bond acceptors (Lipinski definition) is 4. The Labute approximate surface area is 160 Å². The summed E-state index contributed by atoms with van der Waals surface area (Å²) >= 11 is 6.36. The van der Waals surface area contributed by atoms with Gasteiger partial charge in [0.05, 0.1) is 19.0 Å². The molecule has 0 saturated carbocycles. The molecule has 26 heavy (non-hydrogen) atoms. The maximum absolute atomic E-state index is 12.3. The highest BCUT2D eigenvalue weighted by atomic mass is 35.5. The zero-order chi connectivity index (χ0) is 18.4. The van der Waals surface area contributed by atoms with Gasteiger partial charge in [0.15, 0.2) is 0 Å². The molecule has 0 bridgehead atoms. The topological polar surface area (TPSA) is 58.6 Å². The number of aryl methyl sites for hydroxylation is 1. The highest BCUT2D eigenvalue weighted by Crippen LogP contribution is 2.23. The number of halogens is 1. The van der Waals surface area contributed by atoms with Gasteiger partial charge in [-0.15, -0.1) is 0 Å². The Bertz CT molecular complexity index is 822. The second-order valence-electron chi connectivity index (χ2n) is 6.35. The number of nitrogens with zero attached hydrogens (tertiary/aromatic N) is 1. The van der Waals surface area contributed by atoms with Crippen molar-refractivity contribution < 1.29 is 13.2 Å². The molecule has 1 fully saturated rings. The standard InChI is InChI=1S/C19H23ClN2O3S/c20-19-14-18(7-6-17(19)15-22-9-11-25-12-10-22)21-26(23,24)13-8-16-4-2-1-3-5-16/h1-7,14,21H,8-13,15H2. The van der Waals surface area contributed by atoms with Crippen molar-refractivity contribution in [2.24, 2.45) is 0 Å². The van der Waals surface area contributed by atoms with Crippen LogP contribution in [0.2, 0.25) is 5.02 Å². The number of benzene rings is 2. The van der Waals surface area contributed by atoms with Crippen molar-refractivity contribution in [3.05, 3.63) is 64.7 Å². The van der Waals surface area contributed by atoms with E-state index >= 15 is 0 Å². The molecular formula is C19H23ClN2O3S. The molecule has 3 rings (SSSR count). The summed E-state index contributed by atoms with van der Waals surface area (Å²) in [5.74, 6) is 0.0319. The molecule has 7 heteroatoms. The maximum atomic E-state index is 12.3. The average molecular weight is 395 g/mol. The van der Waals surface area contributed by atoms with Gasteiger partial charge in [0.2, 0.25) is 10.0 Å². The first-order valence-corrected chi connectivity index (χ1v) is 10.7. The van der Waals surface area contributed by atoms with Crippen LogP contribution in [0.4, 0.5) is 5.69 Å². The first kappa shape index (κ1) is 19.2. The Balaban J connectivity index is 1.59. The van der Waals surface area contributed by atoms with Crippen molar-refractivity contribution in [3.63, 3.8) is 0 Å². The fourth-order valence-corrected chi connectivity index (χ4v) is 4.20. The molecule has 1 saturated heterocycles. The normalized spacial score (nSPS) is 15.7. The Morgan fingerprint density at radius 1 is 1.08 bits per heavy atom. The molecule has 2 aromatic rings. The van der Waals surface area contributed by atoms with Crippen LogP contribution >= 0.6 is 11.6 Å². The molecule has 0 aliphatic carbocycles. The third-order valence-corrected chi connectivity index (χ3v) is 5.97. The molecule has 1 aliphatic heterocycles. The summed E-state index contributed by atoms with van der Waals surface area (Å²) in [5.41, 5.74) is 2.48. The number of ether oxygens (including phenoxy) is 1. The minimum Gasteiger partial charge on any atom is -0.379 e. The van der Waals surface area contributed by atoms with Gasteiger partial charge in [-0.1, -0.05) is 48.0 Å². The summed E-state index contributed by atoms with van der Waals surface area (Å²) in [5, 5.41) is 0.569. The molecule has 140 valence electrons. The first-order chi connectivity index (χ1) is 12.5. The van der Waals surface area contributed by atoms with E-state index < -0.39 is 10.0 Å². The second kappa shape index (κ2) is 8.86. The van der Waals surface area contributed by atoms with Crippen LogP contribution in [0.1, 0.15) is 11.1 Å². The Morgan fingerprint density at radius 2 is 1.81 bits per heavy atom. The third kappa shape index (κ3) is 5.71. The van der Waals surface area contributed by atoms with Crippen LogP contribution in [0, 0.1) is 0 Å². The van der Waals surface area contributed by atoms with Crippen molar-refractivity contribution in [2.75, 3.05) is 36.8 Å². The van der Waals surface area contributed by atoms with Gasteiger partial charge in [-0.3, -0.25) is 9.62 Å². The van der Waals surface area contributed by atoms with Crippen molar-refractivity contribution in [1.82, 2.24) is 4.90 Å². The minimum atomic E-state index is -3.43. The summed E-state index contributed by atoms with van der Waals surface area (Å²) in [6.45, 7) is 3.96. The largest absolute Gasteiger partial charge is 0.379 e. The quantitative estimate of drug-likeness (QED) is 0.783. The minimum absolute atomic E-state index is 0.0319. The van der Waals surface area contributed by atoms with E-state index in [0.717, 1.165) is 44.0 Å². The van der Waals surface area contributed by atoms with E-state index in [1.165, 1.54) is 0 Å². The Morgan fingerprint density at radius 3 is 2.50 bits per heavy atom. The molecule has 0 radical (unpaired) electrons. The van der Waals surface area contributed by atoms with Gasteiger partial charge < -0.3 is 4.74 Å². The zero-order valence-electron chi connectivity index (χ0n) is 14.5. The van der Waals surface area contributed by atoms with Crippen molar-refractivity contribution >= 4 is 27.3 Å². The van der Waals surface area contributed by atoms with Crippen molar-refractivity contribution in [3.8, 4) is 0 Å². The number of morpholine rings is 1. The van der Waals surface area contributed by atoms with Crippen LogP contribution in [-0.2, 0) is 27.7 Å². The lowest BCUT2D eigenvalue weighted by atomic mass is 10.2. The van der Waals surface area contributed by atoms with E-state index in [1.807, 2.05) is 36.4 Å². The number of anilines is 1. The molecule has 5 nitrogen and oxygen atoms in total. The molecule has 0 atom stereocenters. The lowest BCUT2D eigenvalue weighted by Crippen LogP contribution is -2.35. The monoisotopic (exact) mass is 394 g/mol. The molecule has 0 amide bonds. The summed E-state index contributed by atoms with van der Waals surface area (Å²) in [4.78, 5) is 2.27. The smallest absolute Gasteiger partial charge is 0.233 e. The van der Waals surface area contributed by atoms with E-state index in [9.17, 15) is 8.42 Å². The van der Waals surface area contributed by atoms with Crippen LogP contribution in [0.25, 0.3) is 0 Å². The fraction of sp³-hybridized carbons (Fsp3) is 0.368. The van der Waals surface area contributed by atoms with Gasteiger partial charge >= 0.3 is 0 Å². The molecule has 1 aliphatic rings. The van der Waals surface area contributed by atoms with Gasteiger partial charge in [0.1, 0.15) is 0 Å². The first-order valence-electron chi connectivity index (χ1n) is 8.65. The lowest BCUT2D eigenvalue weighted by molar-refractivity contribution is 0.0342. The van der Waals surface area contributed by atoms with E-state index in [2.05, 4.69) is 9.62 Å². The molecule has 0 unspecified atom stereocenters. The Hall–Kier alpha value is -1.60. The molecule has 1 N–H and O–H groups in total. The number of sulfonamides is 1. The van der Waals surface area contributed by atoms with E-state index in [4.69, 9.17) is 16.3 Å². The van der Waals surface area contributed by atoms with Gasteiger partial charge in [0.25, 0.3) is 0 Å². The summed E-state index contributed by atoms with van der Waals surface area (Å²) in [6, 6.07) is 14.9. The number of rotatable bonds is 7. The maximum Gasteiger partial charge on any atom is 0.233 e. The van der Waals surface area contributed by atoms with Crippen LogP contribution in [0.5, 0.6) is 0 Å². The van der Waals surface area contributed by atoms with E-state index in [1.54, 1.807) is 12.1 Å². The van der Waals surface area contributed by atoms with Gasteiger partial charge in [0, 0.05) is 30.3 Å². The lowest BCUT2D eigenvalue weighted by Gasteiger charge is -2.27. The zero-order valence-corrected chi connectivity index (χ0v) is 16.1.